The molecule has 4 rings (SSSR count). The Morgan fingerprint density at radius 2 is 1.97 bits per heavy atom. The van der Waals surface area contributed by atoms with Crippen molar-refractivity contribution in [1.29, 1.82) is 0 Å². The first-order valence-corrected chi connectivity index (χ1v) is 12.4. The number of likely N-dealkylation sites (tertiary alicyclic amines) is 1. The van der Waals surface area contributed by atoms with Gasteiger partial charge in [0, 0.05) is 30.1 Å². The van der Waals surface area contributed by atoms with Crippen molar-refractivity contribution in [2.24, 2.45) is 0 Å². The highest BCUT2D eigenvalue weighted by Crippen LogP contribution is 2.34. The third-order valence-corrected chi connectivity index (χ3v) is 7.42. The molecule has 12 heteroatoms. The first-order chi connectivity index (χ1) is 15.3. The van der Waals surface area contributed by atoms with Gasteiger partial charge >= 0.3 is 0 Å². The molecule has 0 spiro atoms. The summed E-state index contributed by atoms with van der Waals surface area (Å²) < 4.78 is 70.9. The van der Waals surface area contributed by atoms with Gasteiger partial charge < -0.3 is 5.32 Å². The van der Waals surface area contributed by atoms with Crippen LogP contribution in [0.25, 0.3) is 0 Å². The van der Waals surface area contributed by atoms with Gasteiger partial charge in [-0.25, -0.2) is 26.6 Å². The second-order valence-electron chi connectivity index (χ2n) is 7.20. The van der Waals surface area contributed by atoms with E-state index in [1.165, 1.54) is 17.0 Å². The zero-order valence-electron chi connectivity index (χ0n) is 16.5. The number of anilines is 2. The maximum absolute atomic E-state index is 14.8. The first kappa shape index (κ1) is 22.8. The van der Waals surface area contributed by atoms with Crippen LogP contribution in [0.4, 0.5) is 24.7 Å². The van der Waals surface area contributed by atoms with Crippen molar-refractivity contribution in [1.82, 2.24) is 9.88 Å². The molecular formula is C20H18ClF3N4O2S2. The number of hydrogen-bond acceptors (Lipinski definition) is 6. The molecule has 170 valence electrons. The van der Waals surface area contributed by atoms with Gasteiger partial charge in [0.2, 0.25) is 0 Å². The molecule has 32 heavy (non-hydrogen) atoms. The summed E-state index contributed by atoms with van der Waals surface area (Å²) >= 11 is 7.12. The molecule has 0 amide bonds. The second kappa shape index (κ2) is 9.26. The molecule has 1 aliphatic heterocycles. The van der Waals surface area contributed by atoms with E-state index in [-0.39, 0.29) is 18.1 Å². The number of nitrogens with one attached hydrogen (secondary N) is 2. The number of aromatic nitrogens is 1. The lowest BCUT2D eigenvalue weighted by molar-refractivity contribution is 0.172. The Morgan fingerprint density at radius 3 is 2.62 bits per heavy atom. The van der Waals surface area contributed by atoms with E-state index in [0.29, 0.717) is 12.1 Å². The van der Waals surface area contributed by atoms with Crippen LogP contribution in [-0.4, -0.2) is 31.4 Å². The summed E-state index contributed by atoms with van der Waals surface area (Å²) in [5.74, 6) is -3.32. The monoisotopic (exact) mass is 502 g/mol. The van der Waals surface area contributed by atoms with Gasteiger partial charge in [-0.05, 0) is 31.1 Å². The maximum atomic E-state index is 14.8. The molecule has 1 saturated heterocycles. The molecule has 6 nitrogen and oxygen atoms in total. The van der Waals surface area contributed by atoms with Gasteiger partial charge in [-0.15, -0.1) is 11.3 Å². The SMILES string of the molecule is O=S(=O)(Nc1cscn1)c1c(F)cc(NCc2c(F)cccc2CN2CCC2)c(Cl)c1F. The average Bonchev–Trinajstić information content (AvgIpc) is 3.19. The van der Waals surface area contributed by atoms with Gasteiger partial charge in [0.15, 0.2) is 16.5 Å². The fourth-order valence-corrected chi connectivity index (χ4v) is 5.29. The fourth-order valence-electron chi connectivity index (χ4n) is 3.32. The third kappa shape index (κ3) is 4.70. The Balaban J connectivity index is 1.59. The van der Waals surface area contributed by atoms with Crippen LogP contribution in [0.15, 0.2) is 40.1 Å². The van der Waals surface area contributed by atoms with E-state index in [2.05, 4.69) is 15.2 Å². The summed E-state index contributed by atoms with van der Waals surface area (Å²) in [6.07, 6.45) is 1.09. The molecule has 2 N–H and O–H groups in total. The van der Waals surface area contributed by atoms with Crippen LogP contribution in [0.1, 0.15) is 17.5 Å². The van der Waals surface area contributed by atoms with E-state index in [4.69, 9.17) is 11.6 Å². The highest BCUT2D eigenvalue weighted by molar-refractivity contribution is 7.92. The second-order valence-corrected chi connectivity index (χ2v) is 9.92. The summed E-state index contributed by atoms with van der Waals surface area (Å²) in [7, 11) is -4.61. The van der Waals surface area contributed by atoms with Crippen molar-refractivity contribution in [3.8, 4) is 0 Å². The van der Waals surface area contributed by atoms with Gasteiger partial charge in [-0.2, -0.15) is 0 Å². The zero-order valence-corrected chi connectivity index (χ0v) is 18.9. The Morgan fingerprint density at radius 1 is 1.19 bits per heavy atom. The van der Waals surface area contributed by atoms with E-state index in [1.807, 2.05) is 4.72 Å². The minimum Gasteiger partial charge on any atom is -0.379 e. The van der Waals surface area contributed by atoms with Crippen molar-refractivity contribution >= 4 is 44.5 Å². The van der Waals surface area contributed by atoms with Crippen molar-refractivity contribution in [2.75, 3.05) is 23.1 Å². The van der Waals surface area contributed by atoms with Crippen molar-refractivity contribution in [3.05, 3.63) is 68.8 Å². The summed E-state index contributed by atoms with van der Waals surface area (Å²) in [6.45, 7) is 2.33. The highest BCUT2D eigenvalue weighted by atomic mass is 35.5. The largest absolute Gasteiger partial charge is 0.379 e. The van der Waals surface area contributed by atoms with E-state index >= 15 is 0 Å². The number of rotatable bonds is 8. The predicted octanol–water partition coefficient (Wildman–Crippen LogP) is 4.83. The predicted molar refractivity (Wildman–Crippen MR) is 118 cm³/mol. The van der Waals surface area contributed by atoms with Crippen LogP contribution in [0, 0.1) is 17.5 Å². The van der Waals surface area contributed by atoms with E-state index < -0.39 is 37.4 Å². The topological polar surface area (TPSA) is 74.3 Å². The molecule has 3 aromatic rings. The van der Waals surface area contributed by atoms with Gasteiger partial charge in [-0.1, -0.05) is 23.7 Å². The van der Waals surface area contributed by atoms with Crippen LogP contribution in [0.2, 0.25) is 5.02 Å². The van der Waals surface area contributed by atoms with Crippen LogP contribution in [0.3, 0.4) is 0 Å². The maximum Gasteiger partial charge on any atom is 0.268 e. The van der Waals surface area contributed by atoms with Crippen LogP contribution < -0.4 is 10.0 Å². The Bertz CT molecular complexity index is 1240. The molecule has 0 saturated carbocycles. The van der Waals surface area contributed by atoms with E-state index in [1.54, 1.807) is 12.1 Å². The van der Waals surface area contributed by atoms with Gasteiger partial charge in [0.05, 0.1) is 11.2 Å². The zero-order chi connectivity index (χ0) is 22.9. The lowest BCUT2D eigenvalue weighted by Gasteiger charge is -2.31. The number of halogens is 4. The number of sulfonamides is 1. The lowest BCUT2D eigenvalue weighted by Crippen LogP contribution is -2.36. The highest BCUT2D eigenvalue weighted by Gasteiger charge is 2.29. The third-order valence-electron chi connectivity index (χ3n) is 5.07. The van der Waals surface area contributed by atoms with Crippen molar-refractivity contribution in [3.63, 3.8) is 0 Å². The lowest BCUT2D eigenvalue weighted by atomic mass is 10.0. The smallest absolute Gasteiger partial charge is 0.268 e. The number of thiazole rings is 1. The molecule has 0 bridgehead atoms. The number of hydrogen-bond donors (Lipinski definition) is 2. The number of benzene rings is 2. The van der Waals surface area contributed by atoms with Gasteiger partial charge in [-0.3, -0.25) is 9.62 Å². The van der Waals surface area contributed by atoms with Gasteiger partial charge in [0.1, 0.15) is 16.7 Å². The van der Waals surface area contributed by atoms with E-state index in [0.717, 1.165) is 42.5 Å². The molecule has 1 aliphatic rings. The van der Waals surface area contributed by atoms with Crippen LogP contribution in [0.5, 0.6) is 0 Å². The summed E-state index contributed by atoms with van der Waals surface area (Å²) in [5.41, 5.74) is 2.27. The van der Waals surface area contributed by atoms with Crippen molar-refractivity contribution < 1.29 is 21.6 Å². The molecule has 2 heterocycles. The molecule has 0 radical (unpaired) electrons. The summed E-state index contributed by atoms with van der Waals surface area (Å²) in [4.78, 5) is 4.67. The minimum absolute atomic E-state index is 0.0681. The molecular weight excluding hydrogens is 485 g/mol. The molecule has 1 aromatic heterocycles. The standard InChI is InChI=1S/C20H18ClF3N4O2S2/c21-18-16(25-8-13-12(3-1-4-14(13)22)9-28-5-2-6-28)7-15(23)20(19(18)24)32(29,30)27-17-10-31-11-26-17/h1,3-4,7,10-11,25,27H,2,5-6,8-9H2. The number of nitrogens with zero attached hydrogens (tertiary/aromatic N) is 2. The van der Waals surface area contributed by atoms with Crippen LogP contribution in [-0.2, 0) is 23.1 Å². The van der Waals surface area contributed by atoms with Crippen LogP contribution >= 0.6 is 22.9 Å². The molecule has 0 aliphatic carbocycles. The Hall–Kier alpha value is -2.34. The average molecular weight is 503 g/mol. The first-order valence-electron chi connectivity index (χ1n) is 9.57. The van der Waals surface area contributed by atoms with Crippen molar-refractivity contribution in [2.45, 2.75) is 24.4 Å². The molecule has 0 atom stereocenters. The normalized spacial score (nSPS) is 14.2. The summed E-state index contributed by atoms with van der Waals surface area (Å²) in [5, 5.41) is 3.48. The minimum atomic E-state index is -4.61. The summed E-state index contributed by atoms with van der Waals surface area (Å²) in [6, 6.07) is 5.48. The van der Waals surface area contributed by atoms with E-state index in [9.17, 15) is 21.6 Å². The molecule has 0 unspecified atom stereocenters. The Kier molecular flexibility index (Phi) is 6.61. The Labute approximate surface area is 192 Å². The molecule has 2 aromatic carbocycles. The fraction of sp³-hybridized carbons (Fsp3) is 0.250. The quantitative estimate of drug-likeness (QED) is 0.431. The van der Waals surface area contributed by atoms with Gasteiger partial charge in [0.25, 0.3) is 10.0 Å². The molecule has 1 fully saturated rings.